The molecule has 0 aliphatic heterocycles. The summed E-state index contributed by atoms with van der Waals surface area (Å²) in [6.07, 6.45) is 47.5. The van der Waals surface area contributed by atoms with Gasteiger partial charge >= 0.3 is 6.15 Å². The third kappa shape index (κ3) is 12.2. The van der Waals surface area contributed by atoms with Crippen LogP contribution in [0.2, 0.25) is 0 Å². The number of rotatable bonds is 6. The number of hydrogen-bond acceptors (Lipinski definition) is 2. The van der Waals surface area contributed by atoms with Crippen LogP contribution in [-0.2, 0) is 26.1 Å². The van der Waals surface area contributed by atoms with Crippen LogP contribution in [0.4, 0.5) is 0 Å². The van der Waals surface area contributed by atoms with Gasteiger partial charge in [-0.2, -0.15) is 9.59 Å². The van der Waals surface area contributed by atoms with Gasteiger partial charge in [-0.15, -0.1) is 0 Å². The first kappa shape index (κ1) is 37.2. The zero-order chi connectivity index (χ0) is 28.5. The van der Waals surface area contributed by atoms with Crippen molar-refractivity contribution in [3.05, 3.63) is 0 Å². The van der Waals surface area contributed by atoms with E-state index in [2.05, 4.69) is 0 Å². The van der Waals surface area contributed by atoms with Gasteiger partial charge < -0.3 is 0 Å². The standard InChI is InChI=1S/2C18H33P.CO2.Ni/c2*1-4-10-16(11-5-1)19(17-12-6-2-7-13-17)18-14-8-3-9-15-18;2-1-3;/h2*16-18H,1-15H2;;. The van der Waals surface area contributed by atoms with Gasteiger partial charge in [-0.25, -0.2) is 0 Å². The average molecular weight is 664 g/mol. The Morgan fingerprint density at radius 2 is 0.405 bits per heavy atom. The molecule has 0 aromatic carbocycles. The molecule has 42 heavy (non-hydrogen) atoms. The SMILES string of the molecule is C1CCC(P(C2CCCCC2)C2CCCCC2)CC1.C1CCC(P(C2CCCCC2)C2CCCCC2)CC1.O=C=O.[Ni]. The molecule has 6 saturated carbocycles. The largest absolute Gasteiger partial charge is 0.373 e. The summed E-state index contributed by atoms with van der Waals surface area (Å²) in [5.41, 5.74) is 7.14. The normalized spacial score (nSPS) is 26.3. The molecule has 0 saturated heterocycles. The van der Waals surface area contributed by atoms with Crippen LogP contribution in [0.15, 0.2) is 0 Å². The minimum Gasteiger partial charge on any atom is -0.186 e. The number of carbonyl (C=O) groups excluding carboxylic acids is 2. The van der Waals surface area contributed by atoms with Gasteiger partial charge in [0.25, 0.3) is 0 Å². The maximum absolute atomic E-state index is 8.12. The fourth-order valence-electron chi connectivity index (χ4n) is 10.1. The van der Waals surface area contributed by atoms with Gasteiger partial charge in [-0.05, 0) is 111 Å². The van der Waals surface area contributed by atoms with Crippen LogP contribution in [0, 0.1) is 0 Å². The smallest absolute Gasteiger partial charge is 0.186 e. The third-order valence-corrected chi connectivity index (χ3v) is 20.1. The van der Waals surface area contributed by atoms with Crippen molar-refractivity contribution >= 4 is 22.0 Å². The first-order valence-corrected chi connectivity index (χ1v) is 22.0. The van der Waals surface area contributed by atoms with Crippen molar-refractivity contribution in [3.8, 4) is 0 Å². The van der Waals surface area contributed by atoms with Crippen LogP contribution < -0.4 is 0 Å². The molecule has 246 valence electrons. The molecule has 6 aliphatic carbocycles. The van der Waals surface area contributed by atoms with Gasteiger partial charge in [0.05, 0.1) is 0 Å². The molecule has 0 atom stereocenters. The maximum Gasteiger partial charge on any atom is 0.373 e. The van der Waals surface area contributed by atoms with E-state index in [0.717, 1.165) is 0 Å². The summed E-state index contributed by atoms with van der Waals surface area (Å²) in [5, 5.41) is 0. The van der Waals surface area contributed by atoms with Crippen LogP contribution in [0.1, 0.15) is 193 Å². The molecule has 6 rings (SSSR count). The van der Waals surface area contributed by atoms with Gasteiger partial charge in [0.2, 0.25) is 0 Å². The molecule has 0 radical (unpaired) electrons. The van der Waals surface area contributed by atoms with E-state index >= 15 is 0 Å². The van der Waals surface area contributed by atoms with Gasteiger partial charge in [0, 0.05) is 16.5 Å². The topological polar surface area (TPSA) is 34.1 Å². The summed E-state index contributed by atoms with van der Waals surface area (Å²) in [7, 11) is 0.770. The van der Waals surface area contributed by atoms with E-state index in [-0.39, 0.29) is 22.6 Å². The summed E-state index contributed by atoms with van der Waals surface area (Å²) in [6.45, 7) is 0. The first-order chi connectivity index (χ1) is 20.3. The Balaban J connectivity index is 0.000000207. The predicted molar refractivity (Wildman–Crippen MR) is 180 cm³/mol. The van der Waals surface area contributed by atoms with E-state index in [9.17, 15) is 0 Å². The quantitative estimate of drug-likeness (QED) is 0.209. The average Bonchev–Trinajstić information content (AvgIpc) is 3.05. The molecule has 6 aliphatic rings. The van der Waals surface area contributed by atoms with E-state index in [1.807, 2.05) is 0 Å². The zero-order valence-electron chi connectivity index (χ0n) is 27.2. The Morgan fingerprint density at radius 3 is 0.524 bits per heavy atom. The zero-order valence-corrected chi connectivity index (χ0v) is 30.0. The molecule has 0 unspecified atom stereocenters. The molecule has 0 amide bonds. The van der Waals surface area contributed by atoms with E-state index in [4.69, 9.17) is 9.59 Å². The minimum atomic E-state index is 0. The van der Waals surface area contributed by atoms with Gasteiger partial charge in [-0.1, -0.05) is 131 Å². The van der Waals surface area contributed by atoms with Gasteiger partial charge in [0.1, 0.15) is 0 Å². The minimum absolute atomic E-state index is 0. The van der Waals surface area contributed by atoms with Crippen molar-refractivity contribution in [1.29, 1.82) is 0 Å². The van der Waals surface area contributed by atoms with Crippen LogP contribution in [0.5, 0.6) is 0 Å². The van der Waals surface area contributed by atoms with E-state index in [0.29, 0.717) is 15.8 Å². The molecular formula is C37H66NiO2P2. The Morgan fingerprint density at radius 1 is 0.286 bits per heavy atom. The van der Waals surface area contributed by atoms with Crippen molar-refractivity contribution in [3.63, 3.8) is 0 Å². The third-order valence-electron chi connectivity index (χ3n) is 12.0. The fourth-order valence-corrected chi connectivity index (χ4v) is 19.4. The Hall–Kier alpha value is 0.734. The molecular weight excluding hydrogens is 597 g/mol. The second-order valence-electron chi connectivity index (χ2n) is 14.7. The monoisotopic (exact) mass is 662 g/mol. The van der Waals surface area contributed by atoms with Crippen molar-refractivity contribution in [1.82, 2.24) is 0 Å². The Labute approximate surface area is 273 Å². The predicted octanol–water partition coefficient (Wildman–Crippen LogP) is 12.3. The molecule has 0 aromatic rings. The van der Waals surface area contributed by atoms with Crippen LogP contribution in [0.25, 0.3) is 0 Å². The molecule has 0 N–H and O–H groups in total. The molecule has 5 heteroatoms. The fraction of sp³-hybridized carbons (Fsp3) is 0.973. The van der Waals surface area contributed by atoms with E-state index < -0.39 is 0 Å². The van der Waals surface area contributed by atoms with Crippen LogP contribution in [-0.4, -0.2) is 40.1 Å². The number of hydrogen-bond donors (Lipinski definition) is 0. The molecule has 0 bridgehead atoms. The summed E-state index contributed by atoms with van der Waals surface area (Å²) in [4.78, 5) is 16.2. The molecule has 0 aromatic heterocycles. The summed E-state index contributed by atoms with van der Waals surface area (Å²) in [6, 6.07) is 0. The van der Waals surface area contributed by atoms with Crippen LogP contribution in [0.3, 0.4) is 0 Å². The Bertz CT molecular complexity index is 553. The first-order valence-electron chi connectivity index (χ1n) is 18.9. The summed E-state index contributed by atoms with van der Waals surface area (Å²) < 4.78 is 0. The maximum atomic E-state index is 8.12. The summed E-state index contributed by atoms with van der Waals surface area (Å²) >= 11 is 0. The molecule has 0 heterocycles. The van der Waals surface area contributed by atoms with E-state index in [1.165, 1.54) is 72.5 Å². The van der Waals surface area contributed by atoms with Crippen molar-refractivity contribution < 1.29 is 26.1 Å². The van der Waals surface area contributed by atoms with Gasteiger partial charge in [-0.3, -0.25) is 0 Å². The van der Waals surface area contributed by atoms with Gasteiger partial charge in [0.15, 0.2) is 0 Å². The van der Waals surface area contributed by atoms with Crippen LogP contribution >= 0.6 is 15.8 Å². The van der Waals surface area contributed by atoms with Crippen molar-refractivity contribution in [2.75, 3.05) is 0 Å². The van der Waals surface area contributed by atoms with E-state index in [1.54, 1.807) is 154 Å². The molecule has 0 spiro atoms. The Kier molecular flexibility index (Phi) is 19.7. The molecule has 6 fully saturated rings. The second-order valence-corrected chi connectivity index (χ2v) is 20.9. The van der Waals surface area contributed by atoms with Crippen molar-refractivity contribution in [2.45, 2.75) is 227 Å². The second kappa shape index (κ2) is 22.3. The molecule has 2 nitrogen and oxygen atoms in total. The summed E-state index contributed by atoms with van der Waals surface area (Å²) in [5.74, 6) is 0. The van der Waals surface area contributed by atoms with Crippen molar-refractivity contribution in [2.24, 2.45) is 0 Å².